The van der Waals surface area contributed by atoms with Gasteiger partial charge in [-0.2, -0.15) is 0 Å². The maximum Gasteiger partial charge on any atom is 0.189 e. The van der Waals surface area contributed by atoms with Crippen molar-refractivity contribution < 1.29 is 38.8 Å². The van der Waals surface area contributed by atoms with Gasteiger partial charge >= 0.3 is 0 Å². The van der Waals surface area contributed by atoms with Crippen molar-refractivity contribution >= 4 is 11.4 Å². The topological polar surface area (TPSA) is 50.2 Å². The predicted octanol–water partition coefficient (Wildman–Crippen LogP) is 6.97. The third-order valence-electron chi connectivity index (χ3n) is 4.57. The Morgan fingerprint density at radius 1 is 0.800 bits per heavy atom. The molecule has 0 saturated heterocycles. The van der Waals surface area contributed by atoms with Gasteiger partial charge in [0, 0.05) is 43.6 Å². The number of hydrogen-bond donors (Lipinski definition) is 1. The molecule has 0 aliphatic carbocycles. The number of hydrogen-bond acceptors (Lipinski definition) is 3. The summed E-state index contributed by atoms with van der Waals surface area (Å²) in [4.78, 5) is 15.5. The van der Waals surface area contributed by atoms with Gasteiger partial charge in [0.1, 0.15) is 11.6 Å². The second-order valence-electron chi connectivity index (χ2n) is 7.24. The zero-order valence-corrected chi connectivity index (χ0v) is 21.2. The molecule has 0 aliphatic heterocycles. The number of nitrogens with zero attached hydrogens (tertiary/aromatic N) is 1. The molecule has 1 aromatic heterocycles. The van der Waals surface area contributed by atoms with Crippen LogP contribution < -0.4 is 0 Å². The van der Waals surface area contributed by atoms with Gasteiger partial charge in [0.15, 0.2) is 5.78 Å². The molecular weight excluding hydrogens is 625 g/mol. The second-order valence-corrected chi connectivity index (χ2v) is 7.24. The summed E-state index contributed by atoms with van der Waals surface area (Å²) >= 11 is 0. The van der Waals surface area contributed by atoms with Crippen LogP contribution >= 0.6 is 0 Å². The van der Waals surface area contributed by atoms with Gasteiger partial charge in [-0.15, -0.1) is 23.8 Å². The summed E-state index contributed by atoms with van der Waals surface area (Å²) in [5.74, 6) is -0.739. The minimum absolute atomic E-state index is 0. The second kappa shape index (κ2) is 13.9. The van der Waals surface area contributed by atoms with Crippen molar-refractivity contribution in [3.8, 4) is 0 Å². The van der Waals surface area contributed by atoms with E-state index in [2.05, 4.69) is 11.1 Å². The van der Waals surface area contributed by atoms with Gasteiger partial charge in [0.2, 0.25) is 0 Å². The van der Waals surface area contributed by atoms with Crippen LogP contribution in [-0.4, -0.2) is 15.9 Å². The van der Waals surface area contributed by atoms with E-state index in [0.29, 0.717) is 5.56 Å². The molecular formula is C29H22F2IrNO2-. The average Bonchev–Trinajstić information content (AvgIpc) is 2.85. The number of allylic oxidation sites excluding steroid dienone is 2. The van der Waals surface area contributed by atoms with Crippen LogP contribution in [0.3, 0.4) is 0 Å². The summed E-state index contributed by atoms with van der Waals surface area (Å²) in [6.45, 7) is 1.47. The molecule has 0 bridgehead atoms. The SMILES string of the molecule is C/C(O)=C/C(=O)c1ccccc1.Fc1ccc([C-]=C(c2ccc(F)cc2)c2ccccn2)cc1.[Ir]. The third kappa shape index (κ3) is 8.85. The molecule has 3 nitrogen and oxygen atoms in total. The molecule has 1 heterocycles. The van der Waals surface area contributed by atoms with Crippen molar-refractivity contribution in [1.29, 1.82) is 0 Å². The van der Waals surface area contributed by atoms with Gasteiger partial charge in [-0.1, -0.05) is 77.9 Å². The van der Waals surface area contributed by atoms with Gasteiger partial charge in [0.05, 0.1) is 5.76 Å². The first-order chi connectivity index (χ1) is 16.4. The first-order valence-corrected chi connectivity index (χ1v) is 10.5. The predicted molar refractivity (Wildman–Crippen MR) is 129 cm³/mol. The monoisotopic (exact) mass is 647 g/mol. The Hall–Kier alpha value is -3.73. The van der Waals surface area contributed by atoms with E-state index in [1.165, 1.54) is 37.3 Å². The number of aliphatic hydroxyl groups is 1. The van der Waals surface area contributed by atoms with Crippen molar-refractivity contribution in [2.45, 2.75) is 6.92 Å². The van der Waals surface area contributed by atoms with E-state index >= 15 is 0 Å². The van der Waals surface area contributed by atoms with Crippen molar-refractivity contribution in [1.82, 2.24) is 4.98 Å². The zero-order valence-electron chi connectivity index (χ0n) is 18.8. The van der Waals surface area contributed by atoms with Crippen LogP contribution in [-0.2, 0) is 20.1 Å². The molecule has 0 saturated carbocycles. The number of carbonyl (C=O) groups is 1. The Morgan fingerprint density at radius 2 is 1.37 bits per heavy atom. The maximum atomic E-state index is 13.1. The summed E-state index contributed by atoms with van der Waals surface area (Å²) in [5.41, 5.74) is 3.56. The smallest absolute Gasteiger partial charge is 0.189 e. The quantitative estimate of drug-likeness (QED) is 0.0838. The summed E-state index contributed by atoms with van der Waals surface area (Å²) < 4.78 is 26.2. The van der Waals surface area contributed by atoms with Crippen LogP contribution in [0.4, 0.5) is 8.78 Å². The Bertz CT molecular complexity index is 1270. The van der Waals surface area contributed by atoms with Crippen LogP contribution in [0, 0.1) is 17.7 Å². The van der Waals surface area contributed by atoms with Crippen molar-refractivity contribution in [2.24, 2.45) is 0 Å². The molecule has 1 N–H and O–H groups in total. The number of aliphatic hydroxyl groups excluding tert-OH is 1. The molecule has 0 fully saturated rings. The average molecular weight is 647 g/mol. The summed E-state index contributed by atoms with van der Waals surface area (Å²) in [6.07, 6.45) is 6.11. The molecule has 3 aromatic carbocycles. The van der Waals surface area contributed by atoms with Gasteiger partial charge in [-0.05, 0) is 25.1 Å². The van der Waals surface area contributed by atoms with E-state index in [1.807, 2.05) is 24.3 Å². The fourth-order valence-electron chi connectivity index (χ4n) is 2.96. The molecule has 4 aromatic rings. The Balaban J connectivity index is 0.000000284. The summed E-state index contributed by atoms with van der Waals surface area (Å²) in [6, 6.07) is 26.6. The number of aromatic nitrogens is 1. The van der Waals surface area contributed by atoms with E-state index in [9.17, 15) is 13.6 Å². The van der Waals surface area contributed by atoms with Crippen LogP contribution in [0.5, 0.6) is 0 Å². The molecule has 6 heteroatoms. The summed E-state index contributed by atoms with van der Waals surface area (Å²) in [7, 11) is 0. The minimum atomic E-state index is -0.300. The maximum absolute atomic E-state index is 13.1. The Labute approximate surface area is 216 Å². The molecule has 0 spiro atoms. The molecule has 0 atom stereocenters. The van der Waals surface area contributed by atoms with Crippen molar-refractivity contribution in [3.63, 3.8) is 0 Å². The molecule has 4 rings (SSSR count). The Kier molecular flexibility index (Phi) is 10.9. The van der Waals surface area contributed by atoms with Crippen molar-refractivity contribution in [3.05, 3.63) is 155 Å². The number of pyridine rings is 1. The number of carbonyl (C=O) groups excluding carboxylic acids is 1. The molecule has 0 aliphatic rings. The Morgan fingerprint density at radius 3 is 1.91 bits per heavy atom. The fourth-order valence-corrected chi connectivity index (χ4v) is 2.96. The van der Waals surface area contributed by atoms with Crippen LogP contribution in [0.25, 0.3) is 5.57 Å². The number of rotatable bonds is 5. The van der Waals surface area contributed by atoms with Gasteiger partial charge in [-0.3, -0.25) is 9.78 Å². The zero-order chi connectivity index (χ0) is 24.3. The summed E-state index contributed by atoms with van der Waals surface area (Å²) in [5, 5.41) is 8.82. The first-order valence-electron chi connectivity index (χ1n) is 10.5. The van der Waals surface area contributed by atoms with Gasteiger partial charge in [0.25, 0.3) is 0 Å². The number of benzene rings is 3. The van der Waals surface area contributed by atoms with Gasteiger partial charge in [-0.25, -0.2) is 8.78 Å². The molecule has 1 radical (unpaired) electrons. The fraction of sp³-hybridized carbons (Fsp3) is 0.0345. The minimum Gasteiger partial charge on any atom is -0.512 e. The van der Waals surface area contributed by atoms with Crippen LogP contribution in [0.1, 0.15) is 34.1 Å². The largest absolute Gasteiger partial charge is 0.512 e. The molecule has 179 valence electrons. The molecule has 0 amide bonds. The van der Waals surface area contributed by atoms with Crippen molar-refractivity contribution in [2.75, 3.05) is 0 Å². The van der Waals surface area contributed by atoms with E-state index in [4.69, 9.17) is 5.11 Å². The standard InChI is InChI=1S/C19H12F2N.C10H10O2.Ir/c20-16-8-4-14(5-9-16)13-18(19-3-1-2-12-22-19)15-6-10-17(21)11-7-15;1-8(11)7-10(12)9-5-3-2-4-6-9;/h1-12H;2-7,11H,1H3;/q-1;;/b;8-7-;. The van der Waals surface area contributed by atoms with Gasteiger partial charge < -0.3 is 5.11 Å². The first kappa shape index (κ1) is 27.5. The van der Waals surface area contributed by atoms with Crippen LogP contribution in [0.2, 0.25) is 0 Å². The van der Waals surface area contributed by atoms with E-state index in [0.717, 1.165) is 22.4 Å². The van der Waals surface area contributed by atoms with E-state index in [-0.39, 0.29) is 43.3 Å². The number of halogens is 2. The number of ketones is 1. The van der Waals surface area contributed by atoms with Crippen LogP contribution in [0.15, 0.2) is 115 Å². The van der Waals surface area contributed by atoms with E-state index in [1.54, 1.807) is 54.7 Å². The third-order valence-corrected chi connectivity index (χ3v) is 4.57. The molecule has 35 heavy (non-hydrogen) atoms. The van der Waals surface area contributed by atoms with E-state index < -0.39 is 0 Å². The molecule has 0 unspecified atom stereocenters. The normalized spacial score (nSPS) is 11.1.